The Bertz CT molecular complexity index is 646. The molecule has 1 aromatic carbocycles. The maximum atomic E-state index is 5.69. The second kappa shape index (κ2) is 5.87. The Hall–Kier alpha value is -2.50. The van der Waals surface area contributed by atoms with Crippen molar-refractivity contribution in [3.63, 3.8) is 0 Å². The van der Waals surface area contributed by atoms with Crippen LogP contribution < -0.4 is 20.1 Å². The number of ether oxygens (including phenoxy) is 2. The maximum Gasteiger partial charge on any atom is 0.163 e. The van der Waals surface area contributed by atoms with Gasteiger partial charge in [-0.1, -0.05) is 0 Å². The minimum absolute atomic E-state index is 0.674. The molecule has 0 aliphatic carbocycles. The zero-order chi connectivity index (χ0) is 14.7. The highest BCUT2D eigenvalue weighted by molar-refractivity contribution is 5.66. The Labute approximate surface area is 123 Å². The molecule has 1 aliphatic heterocycles. The van der Waals surface area contributed by atoms with Crippen molar-refractivity contribution in [1.29, 1.82) is 0 Å². The first-order valence-electron chi connectivity index (χ1n) is 6.94. The Kier molecular flexibility index (Phi) is 3.77. The zero-order valence-corrected chi connectivity index (χ0v) is 12.1. The van der Waals surface area contributed by atoms with Gasteiger partial charge in [0.1, 0.15) is 18.0 Å². The van der Waals surface area contributed by atoms with Crippen molar-refractivity contribution in [1.82, 2.24) is 9.97 Å². The molecule has 110 valence electrons. The summed E-state index contributed by atoms with van der Waals surface area (Å²) in [5.41, 5.74) is 1.87. The van der Waals surface area contributed by atoms with E-state index < -0.39 is 0 Å². The quantitative estimate of drug-likeness (QED) is 0.904. The SMILES string of the molecule is CNc1ncnc(Nc2ccc3c(c2)OCCCO3)c1C. The van der Waals surface area contributed by atoms with Gasteiger partial charge in [0, 0.05) is 30.8 Å². The lowest BCUT2D eigenvalue weighted by Gasteiger charge is -2.13. The van der Waals surface area contributed by atoms with Gasteiger partial charge < -0.3 is 20.1 Å². The summed E-state index contributed by atoms with van der Waals surface area (Å²) in [4.78, 5) is 8.45. The summed E-state index contributed by atoms with van der Waals surface area (Å²) >= 11 is 0. The fourth-order valence-electron chi connectivity index (χ4n) is 2.21. The van der Waals surface area contributed by atoms with Crippen molar-refractivity contribution >= 4 is 17.3 Å². The number of nitrogens with zero attached hydrogens (tertiary/aromatic N) is 2. The number of rotatable bonds is 3. The monoisotopic (exact) mass is 286 g/mol. The van der Waals surface area contributed by atoms with E-state index in [1.54, 1.807) is 0 Å². The number of hydrogen-bond acceptors (Lipinski definition) is 6. The third-order valence-electron chi connectivity index (χ3n) is 3.33. The number of nitrogens with one attached hydrogen (secondary N) is 2. The van der Waals surface area contributed by atoms with Gasteiger partial charge in [-0.05, 0) is 19.1 Å². The van der Waals surface area contributed by atoms with Crippen LogP contribution in [0.1, 0.15) is 12.0 Å². The predicted molar refractivity (Wildman–Crippen MR) is 81.6 cm³/mol. The van der Waals surface area contributed by atoms with E-state index in [0.717, 1.165) is 40.8 Å². The van der Waals surface area contributed by atoms with Crippen molar-refractivity contribution in [2.45, 2.75) is 13.3 Å². The van der Waals surface area contributed by atoms with Gasteiger partial charge in [0.25, 0.3) is 0 Å². The van der Waals surface area contributed by atoms with Crippen molar-refractivity contribution in [2.75, 3.05) is 30.9 Å². The average molecular weight is 286 g/mol. The van der Waals surface area contributed by atoms with E-state index >= 15 is 0 Å². The molecule has 0 atom stereocenters. The number of hydrogen-bond donors (Lipinski definition) is 2. The maximum absolute atomic E-state index is 5.69. The van der Waals surface area contributed by atoms with E-state index in [1.165, 1.54) is 6.33 Å². The van der Waals surface area contributed by atoms with Crippen LogP contribution in [0.5, 0.6) is 11.5 Å². The third-order valence-corrected chi connectivity index (χ3v) is 3.33. The Morgan fingerprint density at radius 3 is 2.62 bits per heavy atom. The van der Waals surface area contributed by atoms with E-state index in [1.807, 2.05) is 32.2 Å². The molecule has 0 amide bonds. The first-order valence-corrected chi connectivity index (χ1v) is 6.94. The van der Waals surface area contributed by atoms with E-state index in [4.69, 9.17) is 9.47 Å². The van der Waals surface area contributed by atoms with Gasteiger partial charge in [-0.25, -0.2) is 9.97 Å². The number of fused-ring (bicyclic) bond motifs is 1. The first kappa shape index (κ1) is 13.5. The summed E-state index contributed by atoms with van der Waals surface area (Å²) in [6.45, 7) is 3.33. The molecule has 6 nitrogen and oxygen atoms in total. The molecule has 0 unspecified atom stereocenters. The van der Waals surface area contributed by atoms with Crippen LogP contribution in [0.3, 0.4) is 0 Å². The Morgan fingerprint density at radius 1 is 1.05 bits per heavy atom. The summed E-state index contributed by atoms with van der Waals surface area (Å²) in [6, 6.07) is 5.80. The van der Waals surface area contributed by atoms with Crippen LogP contribution in [0.2, 0.25) is 0 Å². The molecular weight excluding hydrogens is 268 g/mol. The number of anilines is 3. The molecule has 0 bridgehead atoms. The van der Waals surface area contributed by atoms with Crippen LogP contribution in [0.4, 0.5) is 17.3 Å². The summed E-state index contributed by atoms with van der Waals surface area (Å²) in [5, 5.41) is 6.33. The third kappa shape index (κ3) is 2.84. The van der Waals surface area contributed by atoms with Crippen molar-refractivity contribution in [3.05, 3.63) is 30.1 Å². The van der Waals surface area contributed by atoms with Gasteiger partial charge >= 0.3 is 0 Å². The van der Waals surface area contributed by atoms with Crippen LogP contribution >= 0.6 is 0 Å². The molecule has 2 heterocycles. The molecule has 21 heavy (non-hydrogen) atoms. The molecule has 2 aromatic rings. The van der Waals surface area contributed by atoms with Gasteiger partial charge in [0.15, 0.2) is 11.5 Å². The minimum atomic E-state index is 0.674. The molecule has 0 spiro atoms. The van der Waals surface area contributed by atoms with Gasteiger partial charge in [0.2, 0.25) is 0 Å². The van der Waals surface area contributed by atoms with Crippen LogP contribution in [-0.4, -0.2) is 30.2 Å². The molecular formula is C15H18N4O2. The molecule has 6 heteroatoms. The molecule has 1 aromatic heterocycles. The first-order chi connectivity index (χ1) is 10.3. The molecule has 2 N–H and O–H groups in total. The standard InChI is InChI=1S/C15H18N4O2/c1-10-14(16-2)17-9-18-15(10)19-11-4-5-12-13(8-11)21-7-3-6-20-12/h4-5,8-9H,3,6-7H2,1-2H3,(H2,16,17,18,19). The summed E-state index contributed by atoms with van der Waals surface area (Å²) < 4.78 is 11.3. The smallest absolute Gasteiger partial charge is 0.163 e. The van der Waals surface area contributed by atoms with Crippen molar-refractivity contribution in [3.8, 4) is 11.5 Å². The van der Waals surface area contributed by atoms with Crippen LogP contribution in [0.15, 0.2) is 24.5 Å². The summed E-state index contributed by atoms with van der Waals surface area (Å²) in [5.74, 6) is 3.12. The van der Waals surface area contributed by atoms with Crippen molar-refractivity contribution in [2.24, 2.45) is 0 Å². The van der Waals surface area contributed by atoms with Gasteiger partial charge in [0.05, 0.1) is 13.2 Å². The van der Waals surface area contributed by atoms with Gasteiger partial charge in [-0.15, -0.1) is 0 Å². The molecule has 0 saturated heterocycles. The van der Waals surface area contributed by atoms with E-state index in [0.29, 0.717) is 13.2 Å². The molecule has 3 rings (SSSR count). The zero-order valence-electron chi connectivity index (χ0n) is 12.1. The molecule has 1 aliphatic rings. The van der Waals surface area contributed by atoms with E-state index in [2.05, 4.69) is 20.6 Å². The Balaban J connectivity index is 1.87. The topological polar surface area (TPSA) is 68.3 Å². The highest BCUT2D eigenvalue weighted by atomic mass is 16.5. The second-order valence-electron chi connectivity index (χ2n) is 4.78. The largest absolute Gasteiger partial charge is 0.490 e. The predicted octanol–water partition coefficient (Wildman–Crippen LogP) is 2.73. The lowest BCUT2D eigenvalue weighted by Crippen LogP contribution is -2.02. The minimum Gasteiger partial charge on any atom is -0.490 e. The lowest BCUT2D eigenvalue weighted by atomic mass is 10.2. The van der Waals surface area contributed by atoms with Gasteiger partial charge in [-0.3, -0.25) is 0 Å². The highest BCUT2D eigenvalue weighted by Crippen LogP contribution is 2.33. The summed E-state index contributed by atoms with van der Waals surface area (Å²) in [7, 11) is 1.84. The van der Waals surface area contributed by atoms with Crippen molar-refractivity contribution < 1.29 is 9.47 Å². The number of benzene rings is 1. The molecule has 0 radical (unpaired) electrons. The van der Waals surface area contributed by atoms with E-state index in [9.17, 15) is 0 Å². The van der Waals surface area contributed by atoms with Crippen LogP contribution in [-0.2, 0) is 0 Å². The van der Waals surface area contributed by atoms with Crippen LogP contribution in [0.25, 0.3) is 0 Å². The van der Waals surface area contributed by atoms with E-state index in [-0.39, 0.29) is 0 Å². The van der Waals surface area contributed by atoms with Gasteiger partial charge in [-0.2, -0.15) is 0 Å². The molecule has 0 saturated carbocycles. The van der Waals surface area contributed by atoms with Crippen LogP contribution in [0, 0.1) is 6.92 Å². The fraction of sp³-hybridized carbons (Fsp3) is 0.333. The second-order valence-corrected chi connectivity index (χ2v) is 4.78. The lowest BCUT2D eigenvalue weighted by molar-refractivity contribution is 0.297. The average Bonchev–Trinajstić information content (AvgIpc) is 2.74. The fourth-order valence-corrected chi connectivity index (χ4v) is 2.21. The Morgan fingerprint density at radius 2 is 1.81 bits per heavy atom. The normalized spacial score (nSPS) is 13.4. The molecule has 0 fully saturated rings. The highest BCUT2D eigenvalue weighted by Gasteiger charge is 2.12. The summed E-state index contributed by atoms with van der Waals surface area (Å²) in [6.07, 6.45) is 2.43. The number of aromatic nitrogens is 2.